The van der Waals surface area contributed by atoms with Crippen molar-refractivity contribution < 1.29 is 32.3 Å². The lowest BCUT2D eigenvalue weighted by molar-refractivity contribution is -0.247. The lowest BCUT2D eigenvalue weighted by Crippen LogP contribution is -2.66. The van der Waals surface area contributed by atoms with E-state index in [1.54, 1.807) is 26.0 Å². The summed E-state index contributed by atoms with van der Waals surface area (Å²) < 4.78 is 37.2. The highest BCUT2D eigenvalue weighted by Gasteiger charge is 2.71. The molecule has 55 heavy (non-hydrogen) atoms. The number of allylic oxidation sites excluding steroid dienone is 1. The van der Waals surface area contributed by atoms with Gasteiger partial charge >= 0.3 is 11.9 Å². The standard InChI is InChI=1S/C46H65NO7S/c1-29(2)31-19-25-46(24-18-30-14-12-13-15-32(30)39(49)47-55(11,51)52)27-26-44(8)33(38(31)46)16-17-35-43(7)22-21-36(42(5,6)34(43)20-23-45(35,44)9)54-37(48)28-41(3,4)40(50)53-10/h12-15,31,33-36,38H,1,16-17,19-23,25-28H2,2-11H3,(H,47,49)/t31-,33?,34?,35?,36-,38?,43-,44+,45+,46+/m0/s1. The van der Waals surface area contributed by atoms with Crippen molar-refractivity contribution >= 4 is 27.9 Å². The van der Waals surface area contributed by atoms with Crippen LogP contribution in [-0.4, -0.2) is 45.7 Å². The molecule has 8 nitrogen and oxygen atoms in total. The molecule has 0 aliphatic heterocycles. The van der Waals surface area contributed by atoms with Gasteiger partial charge in [-0.15, -0.1) is 0 Å². The molecule has 0 spiro atoms. The average molecular weight is 776 g/mol. The molecule has 1 aromatic carbocycles. The Bertz CT molecular complexity index is 1920. The third-order valence-corrected chi connectivity index (χ3v) is 17.1. The first-order chi connectivity index (χ1) is 25.5. The second-order valence-electron chi connectivity index (χ2n) is 20.2. The van der Waals surface area contributed by atoms with Gasteiger partial charge in [0.05, 0.1) is 30.8 Å². The number of ether oxygens (including phenoxy) is 2. The van der Waals surface area contributed by atoms with Gasteiger partial charge in [0.2, 0.25) is 10.0 Å². The van der Waals surface area contributed by atoms with E-state index in [1.807, 2.05) is 12.1 Å². The molecule has 0 radical (unpaired) electrons. The summed E-state index contributed by atoms with van der Waals surface area (Å²) in [5.41, 5.74) is 1.06. The van der Waals surface area contributed by atoms with Gasteiger partial charge < -0.3 is 9.47 Å². The first-order valence-corrected chi connectivity index (χ1v) is 22.4. The van der Waals surface area contributed by atoms with Crippen molar-refractivity contribution in [3.63, 3.8) is 0 Å². The third-order valence-electron chi connectivity index (χ3n) is 16.5. The summed E-state index contributed by atoms with van der Waals surface area (Å²) >= 11 is 0. The number of hydrogen-bond acceptors (Lipinski definition) is 7. The monoisotopic (exact) mass is 775 g/mol. The summed E-state index contributed by atoms with van der Waals surface area (Å²) in [6.07, 6.45) is 11.3. The maximum Gasteiger partial charge on any atom is 0.311 e. The molecule has 5 aliphatic carbocycles. The number of hydrogen-bond donors (Lipinski definition) is 1. The maximum atomic E-state index is 13.3. The number of benzene rings is 1. The molecule has 1 amide bonds. The van der Waals surface area contributed by atoms with Gasteiger partial charge in [0.1, 0.15) is 6.10 Å². The van der Waals surface area contributed by atoms with Crippen molar-refractivity contribution in [3.8, 4) is 11.8 Å². The number of nitrogens with one attached hydrogen (secondary N) is 1. The molecule has 5 saturated carbocycles. The minimum absolute atomic E-state index is 0.00212. The fourth-order valence-corrected chi connectivity index (χ4v) is 14.1. The Morgan fingerprint density at radius 2 is 1.60 bits per heavy atom. The molecule has 0 saturated heterocycles. The highest BCUT2D eigenvalue weighted by atomic mass is 32.2. The molecule has 5 aliphatic rings. The predicted octanol–water partition coefficient (Wildman–Crippen LogP) is 8.89. The number of carbonyl (C=O) groups excluding carboxylic acids is 3. The van der Waals surface area contributed by atoms with Crippen molar-refractivity contribution in [1.29, 1.82) is 0 Å². The Kier molecular flexibility index (Phi) is 10.6. The topological polar surface area (TPSA) is 116 Å². The van der Waals surface area contributed by atoms with Crippen LogP contribution in [0.1, 0.15) is 142 Å². The third kappa shape index (κ3) is 6.88. The Morgan fingerprint density at radius 3 is 2.25 bits per heavy atom. The van der Waals surface area contributed by atoms with Crippen LogP contribution < -0.4 is 4.72 Å². The second kappa shape index (κ2) is 14.1. The normalized spacial score (nSPS) is 37.7. The summed E-state index contributed by atoms with van der Waals surface area (Å²) in [6, 6.07) is 7.06. The van der Waals surface area contributed by atoms with Crippen LogP contribution in [0, 0.1) is 73.9 Å². The van der Waals surface area contributed by atoms with Gasteiger partial charge in [-0.3, -0.25) is 14.4 Å². The molecule has 6 rings (SSSR count). The number of methoxy groups -OCH3 is 1. The summed E-state index contributed by atoms with van der Waals surface area (Å²) in [4.78, 5) is 38.6. The number of amides is 1. The SMILES string of the molecule is C=C(C)[C@@H]1CC[C@]2(C#Cc3ccccc3C(=O)NS(C)(=O)=O)CC[C@]3(C)C(CCC4[C@@]5(C)CC[C@H](OC(=O)CC(C)(C)C(=O)OC)C(C)(C)C5CC[C@]43C)C12. The Balaban J connectivity index is 1.28. The van der Waals surface area contributed by atoms with Gasteiger partial charge in [-0.2, -0.15) is 0 Å². The lowest BCUT2D eigenvalue weighted by atomic mass is 9.32. The Labute approximate surface area is 330 Å². The van der Waals surface area contributed by atoms with E-state index in [1.165, 1.54) is 12.7 Å². The minimum atomic E-state index is -3.72. The van der Waals surface area contributed by atoms with E-state index < -0.39 is 27.3 Å². The molecule has 0 bridgehead atoms. The van der Waals surface area contributed by atoms with Crippen molar-refractivity contribution in [1.82, 2.24) is 4.72 Å². The lowest BCUT2D eigenvalue weighted by Gasteiger charge is -2.72. The van der Waals surface area contributed by atoms with Gasteiger partial charge in [-0.1, -0.05) is 70.7 Å². The van der Waals surface area contributed by atoms with Crippen LogP contribution >= 0.6 is 0 Å². The van der Waals surface area contributed by atoms with E-state index in [0.717, 1.165) is 70.5 Å². The zero-order chi connectivity index (χ0) is 40.6. The molecule has 1 N–H and O–H groups in total. The van der Waals surface area contributed by atoms with E-state index >= 15 is 0 Å². The van der Waals surface area contributed by atoms with Crippen LogP contribution in [0.5, 0.6) is 0 Å². The van der Waals surface area contributed by atoms with E-state index in [2.05, 4.69) is 64.7 Å². The van der Waals surface area contributed by atoms with Crippen molar-refractivity contribution in [2.75, 3.05) is 13.4 Å². The molecule has 4 unspecified atom stereocenters. The molecule has 1 aromatic rings. The fraction of sp³-hybridized carbons (Fsp3) is 0.717. The zero-order valence-electron chi connectivity index (χ0n) is 35.0. The highest BCUT2D eigenvalue weighted by Crippen LogP contribution is 2.77. The predicted molar refractivity (Wildman–Crippen MR) is 215 cm³/mol. The Hall–Kier alpha value is -3.12. The van der Waals surface area contributed by atoms with Gasteiger partial charge in [0.15, 0.2) is 0 Å². The molecular weight excluding hydrogens is 711 g/mol. The summed E-state index contributed by atoms with van der Waals surface area (Å²) in [7, 11) is -2.37. The Morgan fingerprint density at radius 1 is 0.909 bits per heavy atom. The smallest absolute Gasteiger partial charge is 0.311 e. The summed E-state index contributed by atoms with van der Waals surface area (Å²) in [5.74, 6) is 8.02. The van der Waals surface area contributed by atoms with Crippen molar-refractivity contribution in [2.45, 2.75) is 132 Å². The van der Waals surface area contributed by atoms with Crippen LogP contribution in [0.4, 0.5) is 0 Å². The molecule has 10 atom stereocenters. The second-order valence-corrected chi connectivity index (χ2v) is 22.0. The molecule has 302 valence electrons. The van der Waals surface area contributed by atoms with Crippen molar-refractivity contribution in [3.05, 3.63) is 47.5 Å². The number of rotatable bonds is 7. The van der Waals surface area contributed by atoms with Gasteiger partial charge in [-0.25, -0.2) is 13.1 Å². The minimum Gasteiger partial charge on any atom is -0.469 e. The highest BCUT2D eigenvalue weighted by molar-refractivity contribution is 7.89. The number of sulfonamides is 1. The number of esters is 2. The molecule has 0 aromatic heterocycles. The first-order valence-electron chi connectivity index (χ1n) is 20.5. The largest absolute Gasteiger partial charge is 0.469 e. The average Bonchev–Trinajstić information content (AvgIpc) is 3.48. The van der Waals surface area contributed by atoms with Crippen LogP contribution in [0.25, 0.3) is 0 Å². The zero-order valence-corrected chi connectivity index (χ0v) is 35.8. The van der Waals surface area contributed by atoms with Crippen molar-refractivity contribution in [2.24, 2.45) is 62.1 Å². The first kappa shape index (κ1) is 41.5. The van der Waals surface area contributed by atoms with E-state index in [-0.39, 0.29) is 51.1 Å². The van der Waals surface area contributed by atoms with Crippen LogP contribution in [0.2, 0.25) is 0 Å². The fourth-order valence-electron chi connectivity index (χ4n) is 13.7. The van der Waals surface area contributed by atoms with Crippen LogP contribution in [0.3, 0.4) is 0 Å². The molecule has 9 heteroatoms. The molecule has 0 heterocycles. The number of fused-ring (bicyclic) bond motifs is 7. The van der Waals surface area contributed by atoms with E-state index in [4.69, 9.17) is 9.47 Å². The van der Waals surface area contributed by atoms with Gasteiger partial charge in [0.25, 0.3) is 5.91 Å². The van der Waals surface area contributed by atoms with Gasteiger partial charge in [0, 0.05) is 16.4 Å². The van der Waals surface area contributed by atoms with Crippen LogP contribution in [-0.2, 0) is 29.1 Å². The van der Waals surface area contributed by atoms with Crippen LogP contribution in [0.15, 0.2) is 36.4 Å². The quantitative estimate of drug-likeness (QED) is 0.167. The summed E-state index contributed by atoms with van der Waals surface area (Å²) in [6.45, 7) is 22.6. The molecular formula is C46H65NO7S. The molecule has 5 fully saturated rings. The number of carbonyl (C=O) groups is 3. The van der Waals surface area contributed by atoms with Gasteiger partial charge in [-0.05, 0) is 143 Å². The summed E-state index contributed by atoms with van der Waals surface area (Å²) in [5, 5.41) is 0. The maximum absolute atomic E-state index is 13.3. The van der Waals surface area contributed by atoms with E-state index in [9.17, 15) is 22.8 Å². The van der Waals surface area contributed by atoms with E-state index in [0.29, 0.717) is 35.2 Å².